The van der Waals surface area contributed by atoms with Crippen LogP contribution in [0.15, 0.2) is 29.2 Å². The van der Waals surface area contributed by atoms with Gasteiger partial charge in [-0.05, 0) is 12.1 Å². The van der Waals surface area contributed by atoms with Crippen molar-refractivity contribution in [1.29, 1.82) is 0 Å². The van der Waals surface area contributed by atoms with Crippen LogP contribution in [0.3, 0.4) is 0 Å². The van der Waals surface area contributed by atoms with Crippen LogP contribution in [0.25, 0.3) is 0 Å². The first-order valence-electron chi connectivity index (χ1n) is 7.36. The van der Waals surface area contributed by atoms with Gasteiger partial charge in [0.15, 0.2) is 20.1 Å². The highest BCUT2D eigenvalue weighted by molar-refractivity contribution is 7.91. The fraction of sp³-hybridized carbons (Fsp3) is 0.0625. The van der Waals surface area contributed by atoms with E-state index < -0.39 is 21.7 Å². The molecule has 2 heterocycles. The number of halogens is 7. The number of amides is 2. The number of anilines is 1. The van der Waals surface area contributed by atoms with Gasteiger partial charge >= 0.3 is 0 Å². The highest BCUT2D eigenvalue weighted by Crippen LogP contribution is 2.38. The summed E-state index contributed by atoms with van der Waals surface area (Å²) in [5.41, 5.74) is 0.160. The molecule has 0 aliphatic carbocycles. The molecule has 2 aromatic rings. The number of hydrogen-bond acceptors (Lipinski definition) is 5. The van der Waals surface area contributed by atoms with E-state index in [0.717, 1.165) is 23.3 Å². The van der Waals surface area contributed by atoms with Crippen LogP contribution >= 0.6 is 81.2 Å². The normalized spacial score (nSPS) is 13.5. The lowest BCUT2D eigenvalue weighted by Gasteiger charge is -2.17. The maximum Gasteiger partial charge on any atom is 0.258 e. The first-order valence-corrected chi connectivity index (χ1v) is 11.9. The van der Waals surface area contributed by atoms with Crippen molar-refractivity contribution in [2.75, 3.05) is 11.2 Å². The Morgan fingerprint density at radius 2 is 1.20 bits per heavy atom. The van der Waals surface area contributed by atoms with Gasteiger partial charge in [-0.3, -0.25) is 9.59 Å². The second kappa shape index (κ2) is 9.79. The molecule has 0 fully saturated rings. The van der Waals surface area contributed by atoms with Crippen LogP contribution in [-0.4, -0.2) is 31.5 Å². The van der Waals surface area contributed by atoms with Gasteiger partial charge in [-0.15, -0.1) is 0 Å². The van der Waals surface area contributed by atoms with Gasteiger partial charge in [0.2, 0.25) is 0 Å². The Morgan fingerprint density at radius 1 is 0.800 bits per heavy atom. The zero-order chi connectivity index (χ0) is 23.0. The Balaban J connectivity index is 0.000000216. The second-order valence-corrected chi connectivity index (χ2v) is 10.2. The zero-order valence-electron chi connectivity index (χ0n) is 14.4. The molecule has 0 radical (unpaired) electrons. The minimum atomic E-state index is -3.58. The van der Waals surface area contributed by atoms with Gasteiger partial charge in [-0.1, -0.05) is 81.2 Å². The molecule has 2 amide bonds. The van der Waals surface area contributed by atoms with E-state index in [1.165, 1.54) is 12.1 Å². The third-order valence-electron chi connectivity index (χ3n) is 3.34. The van der Waals surface area contributed by atoms with E-state index in [2.05, 4.69) is 4.98 Å². The molecule has 30 heavy (non-hydrogen) atoms. The van der Waals surface area contributed by atoms with Gasteiger partial charge in [0.05, 0.1) is 25.8 Å². The molecular formula is C16H7Cl7N2O4S. The van der Waals surface area contributed by atoms with Crippen molar-refractivity contribution < 1.29 is 18.0 Å². The average molecular weight is 571 g/mol. The minimum Gasteiger partial charge on any atom is -0.269 e. The number of aromatic nitrogens is 1. The van der Waals surface area contributed by atoms with Crippen molar-refractivity contribution in [1.82, 2.24) is 4.98 Å². The highest BCUT2D eigenvalue weighted by Gasteiger charge is 2.29. The summed E-state index contributed by atoms with van der Waals surface area (Å²) in [4.78, 5) is 27.0. The topological polar surface area (TPSA) is 84.4 Å². The van der Waals surface area contributed by atoms with E-state index in [0.29, 0.717) is 5.02 Å². The van der Waals surface area contributed by atoms with Crippen LogP contribution in [0.1, 0.15) is 0 Å². The largest absolute Gasteiger partial charge is 0.269 e. The molecule has 0 saturated heterocycles. The predicted octanol–water partition coefficient (Wildman–Crippen LogP) is 6.17. The van der Waals surface area contributed by atoms with Gasteiger partial charge in [-0.2, -0.15) is 0 Å². The molecule has 0 unspecified atom stereocenters. The Labute approximate surface area is 206 Å². The van der Waals surface area contributed by atoms with E-state index in [4.69, 9.17) is 81.2 Å². The number of nitrogens with zero attached hydrogens (tertiary/aromatic N) is 2. The maximum atomic E-state index is 11.4. The van der Waals surface area contributed by atoms with E-state index in [1.54, 1.807) is 0 Å². The molecule has 14 heteroatoms. The number of benzene rings is 1. The van der Waals surface area contributed by atoms with E-state index >= 15 is 0 Å². The van der Waals surface area contributed by atoms with Gasteiger partial charge < -0.3 is 0 Å². The zero-order valence-corrected chi connectivity index (χ0v) is 20.5. The second-order valence-electron chi connectivity index (χ2n) is 5.49. The fourth-order valence-corrected chi connectivity index (χ4v) is 5.67. The van der Waals surface area contributed by atoms with Crippen LogP contribution < -0.4 is 4.90 Å². The van der Waals surface area contributed by atoms with Gasteiger partial charge in [0.25, 0.3) is 11.8 Å². The van der Waals surface area contributed by atoms with Crippen LogP contribution in [0, 0.1) is 0 Å². The smallest absolute Gasteiger partial charge is 0.258 e. The summed E-state index contributed by atoms with van der Waals surface area (Å²) in [5.74, 6) is -0.952. The van der Waals surface area contributed by atoms with Crippen molar-refractivity contribution in [3.8, 4) is 0 Å². The molecule has 0 N–H and O–H groups in total. The monoisotopic (exact) mass is 568 g/mol. The lowest BCUT2D eigenvalue weighted by Crippen LogP contribution is -2.30. The number of rotatable bonds is 2. The molecule has 0 atom stereocenters. The third-order valence-corrected chi connectivity index (χ3v) is 6.99. The van der Waals surface area contributed by atoms with Crippen molar-refractivity contribution in [2.24, 2.45) is 0 Å². The van der Waals surface area contributed by atoms with Gasteiger partial charge in [0.1, 0.15) is 4.90 Å². The molecule has 0 saturated carbocycles. The Kier molecular flexibility index (Phi) is 8.32. The van der Waals surface area contributed by atoms with Crippen LogP contribution in [0.5, 0.6) is 0 Å². The predicted molar refractivity (Wildman–Crippen MR) is 120 cm³/mol. The summed E-state index contributed by atoms with van der Waals surface area (Å²) in [6.45, 7) is 0. The maximum absolute atomic E-state index is 11.4. The molecule has 3 rings (SSSR count). The fourth-order valence-electron chi connectivity index (χ4n) is 2.16. The van der Waals surface area contributed by atoms with Crippen molar-refractivity contribution >= 4 is 109 Å². The summed E-state index contributed by atoms with van der Waals surface area (Å²) in [6.07, 6.45) is 3.26. The first-order chi connectivity index (χ1) is 13.8. The molecule has 1 aliphatic rings. The van der Waals surface area contributed by atoms with Crippen molar-refractivity contribution in [2.45, 2.75) is 4.90 Å². The summed E-state index contributed by atoms with van der Waals surface area (Å²) in [5, 5.41) is -0.174. The molecule has 0 bridgehead atoms. The Bertz CT molecular complexity index is 1130. The van der Waals surface area contributed by atoms with Crippen LogP contribution in [0.2, 0.25) is 35.4 Å². The van der Waals surface area contributed by atoms with E-state index in [1.807, 2.05) is 0 Å². The molecule has 6 nitrogen and oxygen atoms in total. The molecule has 1 aromatic heterocycles. The SMILES string of the molecule is CS(=O)(=O)c1c(Cl)c(Cl)nc(Cl)c1Cl.O=C1C=CC(=O)N1c1c(Cl)cc(Cl)cc1Cl. The quantitative estimate of drug-likeness (QED) is 0.318. The standard InChI is InChI=1S/C10H4Cl3NO2.C6H3Cl4NO2S/c11-5-3-6(12)10(7(13)4-5)14-8(15)1-2-9(14)16;1-14(12,13)4-2(7)5(9)11-6(10)3(4)8/h1-4H;1H3. The lowest BCUT2D eigenvalue weighted by molar-refractivity contribution is -0.119. The van der Waals surface area contributed by atoms with E-state index in [-0.39, 0.29) is 41.0 Å². The highest BCUT2D eigenvalue weighted by atomic mass is 35.5. The molecule has 160 valence electrons. The molecular weight excluding hydrogens is 564 g/mol. The molecule has 1 aromatic carbocycles. The number of pyridine rings is 1. The summed E-state index contributed by atoms with van der Waals surface area (Å²) in [7, 11) is -3.58. The molecule has 0 spiro atoms. The Hall–Kier alpha value is -0.770. The van der Waals surface area contributed by atoms with Crippen molar-refractivity contribution in [3.63, 3.8) is 0 Å². The number of hydrogen-bond donors (Lipinski definition) is 0. The van der Waals surface area contributed by atoms with Gasteiger partial charge in [-0.25, -0.2) is 18.3 Å². The number of sulfone groups is 1. The number of carbonyl (C=O) groups is 2. The number of carbonyl (C=O) groups excluding carboxylic acids is 2. The summed E-state index contributed by atoms with van der Waals surface area (Å²) < 4.78 is 22.5. The lowest BCUT2D eigenvalue weighted by atomic mass is 10.3. The minimum absolute atomic E-state index is 0.155. The Morgan fingerprint density at radius 3 is 1.57 bits per heavy atom. The van der Waals surface area contributed by atoms with Gasteiger partial charge in [0, 0.05) is 23.4 Å². The third kappa shape index (κ3) is 5.53. The van der Waals surface area contributed by atoms with E-state index in [9.17, 15) is 18.0 Å². The summed E-state index contributed by atoms with van der Waals surface area (Å²) in [6, 6.07) is 2.84. The van der Waals surface area contributed by atoms with Crippen LogP contribution in [-0.2, 0) is 19.4 Å². The van der Waals surface area contributed by atoms with Crippen LogP contribution in [0.4, 0.5) is 5.69 Å². The average Bonchev–Trinajstić information content (AvgIpc) is 2.91. The van der Waals surface area contributed by atoms with Crippen molar-refractivity contribution in [3.05, 3.63) is 59.7 Å². The first kappa shape index (κ1) is 25.5. The summed E-state index contributed by atoms with van der Waals surface area (Å²) >= 11 is 39.9. The molecule has 1 aliphatic heterocycles. The number of imide groups is 1.